The Labute approximate surface area is 113 Å². The van der Waals surface area contributed by atoms with Gasteiger partial charge in [0.15, 0.2) is 0 Å². The topological polar surface area (TPSA) is 40.4 Å². The Morgan fingerprint density at radius 3 is 2.05 bits per heavy atom. The van der Waals surface area contributed by atoms with E-state index in [-0.39, 0.29) is 11.8 Å². The highest BCUT2D eigenvalue weighted by molar-refractivity contribution is 6.21. The predicted molar refractivity (Wildman–Crippen MR) is 72.1 cm³/mol. The van der Waals surface area contributed by atoms with E-state index in [1.807, 2.05) is 0 Å². The number of carbonyl (C=O) groups is 2. The maximum Gasteiger partial charge on any atom is 0.261 e. The summed E-state index contributed by atoms with van der Waals surface area (Å²) in [6.07, 6.45) is 0.842. The van der Waals surface area contributed by atoms with Gasteiger partial charge in [-0.05, 0) is 32.4 Å². The van der Waals surface area contributed by atoms with Crippen LogP contribution in [0.15, 0.2) is 24.3 Å². The van der Waals surface area contributed by atoms with Crippen LogP contribution in [0, 0.1) is 0 Å². The molecule has 0 radical (unpaired) electrons. The molecule has 2 aliphatic rings. The summed E-state index contributed by atoms with van der Waals surface area (Å²) < 4.78 is 0. The minimum absolute atomic E-state index is 0.148. The van der Waals surface area contributed by atoms with Gasteiger partial charge in [0.05, 0.1) is 11.1 Å². The van der Waals surface area contributed by atoms with Crippen molar-refractivity contribution in [1.29, 1.82) is 0 Å². The molecule has 1 atom stereocenters. The van der Waals surface area contributed by atoms with E-state index >= 15 is 0 Å². The zero-order valence-electron chi connectivity index (χ0n) is 11.3. The molecule has 19 heavy (non-hydrogen) atoms. The van der Waals surface area contributed by atoms with Crippen molar-refractivity contribution in [3.63, 3.8) is 0 Å². The number of amides is 2. The average Bonchev–Trinajstić information content (AvgIpc) is 2.92. The average molecular weight is 258 g/mol. The Hall–Kier alpha value is -1.68. The van der Waals surface area contributed by atoms with Gasteiger partial charge in [0.25, 0.3) is 11.8 Å². The van der Waals surface area contributed by atoms with Crippen molar-refractivity contribution < 1.29 is 9.59 Å². The van der Waals surface area contributed by atoms with E-state index in [2.05, 4.69) is 18.7 Å². The second-order valence-corrected chi connectivity index (χ2v) is 5.90. The molecule has 0 bridgehead atoms. The summed E-state index contributed by atoms with van der Waals surface area (Å²) in [6, 6.07) is 7.05. The van der Waals surface area contributed by atoms with E-state index in [1.165, 1.54) is 4.90 Å². The monoisotopic (exact) mass is 258 g/mol. The van der Waals surface area contributed by atoms with Gasteiger partial charge in [-0.25, -0.2) is 0 Å². The maximum atomic E-state index is 12.1. The summed E-state index contributed by atoms with van der Waals surface area (Å²) in [5.74, 6) is -0.295. The number of imide groups is 1. The Bertz CT molecular complexity index is 516. The second-order valence-electron chi connectivity index (χ2n) is 5.90. The Kier molecular flexibility index (Phi) is 2.71. The van der Waals surface area contributed by atoms with Gasteiger partial charge in [-0.3, -0.25) is 19.4 Å². The van der Waals surface area contributed by atoms with Gasteiger partial charge in [0.2, 0.25) is 0 Å². The van der Waals surface area contributed by atoms with Crippen LogP contribution in [-0.4, -0.2) is 46.8 Å². The molecule has 1 fully saturated rings. The van der Waals surface area contributed by atoms with Crippen LogP contribution in [0.5, 0.6) is 0 Å². The number of hydrogen-bond donors (Lipinski definition) is 0. The molecule has 1 aromatic rings. The van der Waals surface area contributed by atoms with E-state index in [1.54, 1.807) is 24.3 Å². The third kappa shape index (κ3) is 2.06. The van der Waals surface area contributed by atoms with E-state index in [0.717, 1.165) is 19.5 Å². The van der Waals surface area contributed by atoms with Crippen molar-refractivity contribution in [2.24, 2.45) is 0 Å². The van der Waals surface area contributed by atoms with Crippen molar-refractivity contribution in [1.82, 2.24) is 9.80 Å². The van der Waals surface area contributed by atoms with Crippen LogP contribution in [0.3, 0.4) is 0 Å². The fourth-order valence-electron chi connectivity index (χ4n) is 2.68. The second kappa shape index (κ2) is 4.17. The Morgan fingerprint density at radius 1 is 1.05 bits per heavy atom. The number of carbonyl (C=O) groups excluding carboxylic acids is 2. The van der Waals surface area contributed by atoms with Gasteiger partial charge in [-0.1, -0.05) is 12.1 Å². The first-order chi connectivity index (χ1) is 9.00. The standard InChI is InChI=1S/C15H18N2O2/c1-15(2)10-16(15)8-5-9-17-13(18)11-6-3-4-7-12(11)14(17)19/h3-4,6-7H,5,8-10H2,1-2H3. The molecule has 4 nitrogen and oxygen atoms in total. The smallest absolute Gasteiger partial charge is 0.261 e. The van der Waals surface area contributed by atoms with Crippen molar-refractivity contribution in [2.45, 2.75) is 25.8 Å². The molecule has 4 heteroatoms. The minimum atomic E-state index is -0.148. The predicted octanol–water partition coefficient (Wildman–Crippen LogP) is 1.77. The summed E-state index contributed by atoms with van der Waals surface area (Å²) >= 11 is 0. The lowest BCUT2D eigenvalue weighted by Gasteiger charge is -2.14. The molecule has 1 aromatic carbocycles. The largest absolute Gasteiger partial charge is 0.295 e. The summed E-state index contributed by atoms with van der Waals surface area (Å²) in [4.78, 5) is 28.0. The maximum absolute atomic E-state index is 12.1. The normalized spacial score (nSPS) is 23.7. The summed E-state index contributed by atoms with van der Waals surface area (Å²) in [5, 5.41) is 0. The Morgan fingerprint density at radius 2 is 1.58 bits per heavy atom. The highest BCUT2D eigenvalue weighted by atomic mass is 16.2. The molecule has 100 valence electrons. The number of benzene rings is 1. The third-order valence-electron chi connectivity index (χ3n) is 4.02. The SMILES string of the molecule is CC1(C)CN1CCCN1C(=O)c2ccccc2C1=O. The zero-order valence-corrected chi connectivity index (χ0v) is 11.3. The van der Waals surface area contributed by atoms with E-state index in [0.29, 0.717) is 23.2 Å². The van der Waals surface area contributed by atoms with Crippen molar-refractivity contribution in [2.75, 3.05) is 19.6 Å². The molecule has 1 saturated heterocycles. The van der Waals surface area contributed by atoms with Crippen molar-refractivity contribution in [3.05, 3.63) is 35.4 Å². The van der Waals surface area contributed by atoms with E-state index < -0.39 is 0 Å². The highest BCUT2D eigenvalue weighted by Gasteiger charge is 2.42. The number of rotatable bonds is 4. The molecular formula is C15H18N2O2. The molecule has 1 unspecified atom stereocenters. The summed E-state index contributed by atoms with van der Waals surface area (Å²) in [5.41, 5.74) is 1.39. The first-order valence-electron chi connectivity index (χ1n) is 6.71. The van der Waals surface area contributed by atoms with Crippen LogP contribution in [0.25, 0.3) is 0 Å². The van der Waals surface area contributed by atoms with Gasteiger partial charge >= 0.3 is 0 Å². The molecule has 2 aliphatic heterocycles. The number of fused-ring (bicyclic) bond motifs is 1. The van der Waals surface area contributed by atoms with Crippen LogP contribution in [0.2, 0.25) is 0 Å². The molecule has 2 heterocycles. The molecule has 0 aromatic heterocycles. The minimum Gasteiger partial charge on any atom is -0.295 e. The number of nitrogens with zero attached hydrogens (tertiary/aromatic N) is 2. The summed E-state index contributed by atoms with van der Waals surface area (Å²) in [6.45, 7) is 6.97. The van der Waals surface area contributed by atoms with Crippen molar-refractivity contribution in [3.8, 4) is 0 Å². The van der Waals surface area contributed by atoms with E-state index in [9.17, 15) is 9.59 Å². The van der Waals surface area contributed by atoms with Gasteiger partial charge in [0.1, 0.15) is 0 Å². The summed E-state index contributed by atoms with van der Waals surface area (Å²) in [7, 11) is 0. The molecule has 3 rings (SSSR count). The molecule has 2 amide bonds. The first-order valence-corrected chi connectivity index (χ1v) is 6.71. The van der Waals surface area contributed by atoms with Crippen LogP contribution in [-0.2, 0) is 0 Å². The molecular weight excluding hydrogens is 240 g/mol. The van der Waals surface area contributed by atoms with E-state index in [4.69, 9.17) is 0 Å². The van der Waals surface area contributed by atoms with Gasteiger partial charge < -0.3 is 0 Å². The van der Waals surface area contributed by atoms with Gasteiger partial charge in [-0.2, -0.15) is 0 Å². The fourth-order valence-corrected chi connectivity index (χ4v) is 2.68. The molecule has 0 spiro atoms. The third-order valence-corrected chi connectivity index (χ3v) is 4.02. The molecule has 0 N–H and O–H groups in total. The van der Waals surface area contributed by atoms with Gasteiger partial charge in [0, 0.05) is 25.2 Å². The zero-order chi connectivity index (χ0) is 13.6. The first kappa shape index (κ1) is 12.4. The lowest BCUT2D eigenvalue weighted by atomic mass is 10.1. The quantitative estimate of drug-likeness (QED) is 0.610. The van der Waals surface area contributed by atoms with Crippen LogP contribution in [0.1, 0.15) is 41.0 Å². The van der Waals surface area contributed by atoms with Crippen molar-refractivity contribution >= 4 is 11.8 Å². The lowest BCUT2D eigenvalue weighted by molar-refractivity contribution is 0.0650. The molecule has 0 saturated carbocycles. The number of hydrogen-bond acceptors (Lipinski definition) is 3. The highest BCUT2D eigenvalue weighted by Crippen LogP contribution is 2.30. The molecule has 0 aliphatic carbocycles. The van der Waals surface area contributed by atoms with Crippen LogP contribution < -0.4 is 0 Å². The Balaban J connectivity index is 1.61. The van der Waals surface area contributed by atoms with Crippen LogP contribution in [0.4, 0.5) is 0 Å². The lowest BCUT2D eigenvalue weighted by Crippen LogP contribution is -2.31. The van der Waals surface area contributed by atoms with Crippen LogP contribution >= 0.6 is 0 Å². The fraction of sp³-hybridized carbons (Fsp3) is 0.467. The van der Waals surface area contributed by atoms with Gasteiger partial charge in [-0.15, -0.1) is 0 Å².